The summed E-state index contributed by atoms with van der Waals surface area (Å²) in [5.74, 6) is 1.33. The van der Waals surface area contributed by atoms with Crippen LogP contribution in [-0.2, 0) is 17.5 Å². The zero-order valence-electron chi connectivity index (χ0n) is 14.2. The molecule has 0 amide bonds. The number of aliphatic imine (C=N–C) groups is 1. The minimum absolute atomic E-state index is 0. The molecule has 1 aliphatic carbocycles. The second-order valence-electron chi connectivity index (χ2n) is 5.92. The first-order valence-electron chi connectivity index (χ1n) is 8.17. The van der Waals surface area contributed by atoms with Crippen molar-refractivity contribution >= 4 is 29.9 Å². The average molecular weight is 471 g/mol. The van der Waals surface area contributed by atoms with Crippen LogP contribution in [0.1, 0.15) is 30.4 Å². The molecular weight excluding hydrogens is 446 g/mol. The Morgan fingerprint density at radius 3 is 2.68 bits per heavy atom. The third-order valence-corrected chi connectivity index (χ3v) is 3.75. The van der Waals surface area contributed by atoms with Gasteiger partial charge in [-0.05, 0) is 42.9 Å². The lowest BCUT2D eigenvalue weighted by atomic mass is 10.1. The fourth-order valence-electron chi connectivity index (χ4n) is 2.18. The molecule has 1 fully saturated rings. The lowest BCUT2D eigenvalue weighted by molar-refractivity contribution is -0.137. The summed E-state index contributed by atoms with van der Waals surface area (Å²) in [5.41, 5.74) is -0.0851. The standard InChI is InChI=1S/C17H24F3N3O.HI/c1-21-16(22-8-3-9-24-12-13-6-7-13)23-11-14-4-2-5-15(10-14)17(18,19)20;/h2,4-5,10,13H,3,6-9,11-12H2,1H3,(H2,21,22,23);1H. The first-order valence-corrected chi connectivity index (χ1v) is 8.17. The van der Waals surface area contributed by atoms with Crippen molar-refractivity contribution in [3.8, 4) is 0 Å². The van der Waals surface area contributed by atoms with Gasteiger partial charge in [0, 0.05) is 33.4 Å². The van der Waals surface area contributed by atoms with Crippen molar-refractivity contribution in [2.75, 3.05) is 26.8 Å². The minimum atomic E-state index is -4.32. The van der Waals surface area contributed by atoms with Crippen LogP contribution in [0, 0.1) is 5.92 Å². The van der Waals surface area contributed by atoms with Gasteiger partial charge in [-0.3, -0.25) is 4.99 Å². The molecule has 4 nitrogen and oxygen atoms in total. The Labute approximate surface area is 163 Å². The molecule has 1 aromatic rings. The van der Waals surface area contributed by atoms with Crippen LogP contribution in [0.4, 0.5) is 13.2 Å². The number of halogens is 4. The molecule has 0 unspecified atom stereocenters. The number of hydrogen-bond acceptors (Lipinski definition) is 2. The normalized spacial score (nSPS) is 14.8. The number of guanidine groups is 1. The third-order valence-electron chi connectivity index (χ3n) is 3.75. The Kier molecular flexibility index (Phi) is 9.55. The lowest BCUT2D eigenvalue weighted by Gasteiger charge is -2.13. The molecule has 0 bridgehead atoms. The summed E-state index contributed by atoms with van der Waals surface area (Å²) < 4.78 is 43.6. The van der Waals surface area contributed by atoms with E-state index < -0.39 is 11.7 Å². The Balaban J connectivity index is 0.00000312. The predicted octanol–water partition coefficient (Wildman–Crippen LogP) is 3.81. The molecular formula is C17H25F3IN3O. The number of alkyl halides is 3. The van der Waals surface area contributed by atoms with Crippen LogP contribution in [0.25, 0.3) is 0 Å². The molecule has 0 aromatic heterocycles. The van der Waals surface area contributed by atoms with Crippen molar-refractivity contribution in [1.82, 2.24) is 10.6 Å². The van der Waals surface area contributed by atoms with Gasteiger partial charge >= 0.3 is 6.18 Å². The molecule has 0 aliphatic heterocycles. The molecule has 0 heterocycles. The van der Waals surface area contributed by atoms with Crippen molar-refractivity contribution in [3.63, 3.8) is 0 Å². The van der Waals surface area contributed by atoms with E-state index >= 15 is 0 Å². The Hall–Kier alpha value is -1.03. The molecule has 0 saturated heterocycles. The highest BCUT2D eigenvalue weighted by Gasteiger charge is 2.30. The predicted molar refractivity (Wildman–Crippen MR) is 103 cm³/mol. The maximum atomic E-state index is 12.7. The second-order valence-corrected chi connectivity index (χ2v) is 5.92. The molecule has 2 N–H and O–H groups in total. The van der Waals surface area contributed by atoms with E-state index in [9.17, 15) is 13.2 Å². The molecule has 142 valence electrons. The summed E-state index contributed by atoms with van der Waals surface area (Å²) in [6, 6.07) is 5.28. The Bertz CT molecular complexity index is 548. The maximum Gasteiger partial charge on any atom is 0.416 e. The van der Waals surface area contributed by atoms with Crippen LogP contribution in [-0.4, -0.2) is 32.8 Å². The van der Waals surface area contributed by atoms with Gasteiger partial charge in [0.25, 0.3) is 0 Å². The minimum Gasteiger partial charge on any atom is -0.381 e. The quantitative estimate of drug-likeness (QED) is 0.263. The topological polar surface area (TPSA) is 45.7 Å². The van der Waals surface area contributed by atoms with E-state index in [2.05, 4.69) is 15.6 Å². The van der Waals surface area contributed by atoms with Gasteiger partial charge in [-0.25, -0.2) is 0 Å². The fourth-order valence-corrected chi connectivity index (χ4v) is 2.18. The summed E-state index contributed by atoms with van der Waals surface area (Å²) >= 11 is 0. The number of nitrogens with zero attached hydrogens (tertiary/aromatic N) is 1. The summed E-state index contributed by atoms with van der Waals surface area (Å²) in [4.78, 5) is 4.06. The van der Waals surface area contributed by atoms with E-state index in [1.807, 2.05) is 0 Å². The maximum absolute atomic E-state index is 12.7. The van der Waals surface area contributed by atoms with E-state index in [4.69, 9.17) is 4.74 Å². The van der Waals surface area contributed by atoms with E-state index in [1.165, 1.54) is 18.9 Å². The van der Waals surface area contributed by atoms with Gasteiger partial charge in [0.2, 0.25) is 0 Å². The molecule has 1 aromatic carbocycles. The lowest BCUT2D eigenvalue weighted by Crippen LogP contribution is -2.37. The zero-order valence-corrected chi connectivity index (χ0v) is 16.6. The van der Waals surface area contributed by atoms with Crippen molar-refractivity contribution in [2.45, 2.75) is 32.0 Å². The van der Waals surface area contributed by atoms with E-state index in [-0.39, 0.29) is 30.5 Å². The van der Waals surface area contributed by atoms with Crippen LogP contribution in [0.3, 0.4) is 0 Å². The van der Waals surface area contributed by atoms with Gasteiger partial charge in [-0.15, -0.1) is 24.0 Å². The summed E-state index contributed by atoms with van der Waals surface area (Å²) in [6.45, 7) is 2.53. The monoisotopic (exact) mass is 471 g/mol. The molecule has 1 aliphatic rings. The molecule has 8 heteroatoms. The Morgan fingerprint density at radius 1 is 1.28 bits per heavy atom. The average Bonchev–Trinajstić information content (AvgIpc) is 3.37. The number of ether oxygens (including phenoxy) is 1. The molecule has 0 spiro atoms. The number of hydrogen-bond donors (Lipinski definition) is 2. The highest BCUT2D eigenvalue weighted by molar-refractivity contribution is 14.0. The van der Waals surface area contributed by atoms with Gasteiger partial charge in [-0.1, -0.05) is 12.1 Å². The highest BCUT2D eigenvalue weighted by Crippen LogP contribution is 2.29. The molecule has 0 radical (unpaired) electrons. The van der Waals surface area contributed by atoms with Crippen molar-refractivity contribution < 1.29 is 17.9 Å². The van der Waals surface area contributed by atoms with E-state index in [0.29, 0.717) is 24.7 Å². The van der Waals surface area contributed by atoms with Crippen LogP contribution < -0.4 is 10.6 Å². The summed E-state index contributed by atoms with van der Waals surface area (Å²) in [6.07, 6.45) is -0.901. The van der Waals surface area contributed by atoms with Gasteiger partial charge in [0.05, 0.1) is 5.56 Å². The van der Waals surface area contributed by atoms with Crippen LogP contribution in [0.5, 0.6) is 0 Å². The number of rotatable bonds is 8. The molecule has 2 rings (SSSR count). The van der Waals surface area contributed by atoms with E-state index in [1.54, 1.807) is 13.1 Å². The zero-order chi connectivity index (χ0) is 17.4. The largest absolute Gasteiger partial charge is 0.416 e. The molecule has 1 saturated carbocycles. The number of nitrogens with one attached hydrogen (secondary N) is 2. The van der Waals surface area contributed by atoms with Crippen LogP contribution in [0.15, 0.2) is 29.3 Å². The number of benzene rings is 1. The summed E-state index contributed by atoms with van der Waals surface area (Å²) in [7, 11) is 1.63. The first-order chi connectivity index (χ1) is 11.5. The SMILES string of the molecule is CN=C(NCCCOCC1CC1)NCc1cccc(C(F)(F)F)c1.I. The van der Waals surface area contributed by atoms with Gasteiger partial charge in [0.1, 0.15) is 0 Å². The fraction of sp³-hybridized carbons (Fsp3) is 0.588. The van der Waals surface area contributed by atoms with E-state index in [0.717, 1.165) is 31.1 Å². The molecule has 0 atom stereocenters. The van der Waals surface area contributed by atoms with Gasteiger partial charge in [0.15, 0.2) is 5.96 Å². The smallest absolute Gasteiger partial charge is 0.381 e. The third kappa shape index (κ3) is 8.75. The van der Waals surface area contributed by atoms with Crippen molar-refractivity contribution in [1.29, 1.82) is 0 Å². The van der Waals surface area contributed by atoms with Gasteiger partial charge < -0.3 is 15.4 Å². The summed E-state index contributed by atoms with van der Waals surface area (Å²) in [5, 5.41) is 6.14. The molecule has 25 heavy (non-hydrogen) atoms. The van der Waals surface area contributed by atoms with Crippen LogP contribution >= 0.6 is 24.0 Å². The second kappa shape index (κ2) is 10.8. The Morgan fingerprint density at radius 2 is 2.04 bits per heavy atom. The first kappa shape index (κ1) is 22.0. The van der Waals surface area contributed by atoms with Crippen LogP contribution in [0.2, 0.25) is 0 Å². The van der Waals surface area contributed by atoms with Crippen molar-refractivity contribution in [3.05, 3.63) is 35.4 Å². The van der Waals surface area contributed by atoms with Gasteiger partial charge in [-0.2, -0.15) is 13.2 Å². The van der Waals surface area contributed by atoms with Crippen molar-refractivity contribution in [2.24, 2.45) is 10.9 Å². The highest BCUT2D eigenvalue weighted by atomic mass is 127.